The maximum atomic E-state index is 13.0. The highest BCUT2D eigenvalue weighted by molar-refractivity contribution is 14.1. The van der Waals surface area contributed by atoms with Crippen molar-refractivity contribution < 1.29 is 18.0 Å². The minimum atomic E-state index is -4.46. The molecule has 1 aliphatic heterocycles. The van der Waals surface area contributed by atoms with Crippen molar-refractivity contribution in [2.75, 3.05) is 5.32 Å². The summed E-state index contributed by atoms with van der Waals surface area (Å²) in [6.45, 7) is 0. The molecule has 0 fully saturated rings. The zero-order chi connectivity index (χ0) is 15.9. The molecule has 22 heavy (non-hydrogen) atoms. The molecule has 1 heterocycles. The van der Waals surface area contributed by atoms with Crippen LogP contribution in [0.4, 0.5) is 18.9 Å². The highest BCUT2D eigenvalue weighted by atomic mass is 127. The lowest BCUT2D eigenvalue weighted by atomic mass is 10.0. The monoisotopic (exact) mass is 415 g/mol. The normalized spacial score (nSPS) is 15.8. The lowest BCUT2D eigenvalue weighted by molar-refractivity contribution is -0.137. The van der Waals surface area contributed by atoms with Crippen molar-refractivity contribution in [2.24, 2.45) is 0 Å². The average molecular weight is 415 g/mol. The topological polar surface area (TPSA) is 29.1 Å². The molecule has 0 spiro atoms. The van der Waals surface area contributed by atoms with Crippen LogP contribution in [0.5, 0.6) is 0 Å². The molecule has 0 saturated carbocycles. The summed E-state index contributed by atoms with van der Waals surface area (Å²) in [6, 6.07) is 10.6. The number of halogens is 4. The Morgan fingerprint density at radius 3 is 2.55 bits per heavy atom. The summed E-state index contributed by atoms with van der Waals surface area (Å²) in [6.07, 6.45) is -3.17. The first-order valence-electron chi connectivity index (χ1n) is 6.35. The molecule has 0 unspecified atom stereocenters. The third-order valence-corrected chi connectivity index (χ3v) is 4.00. The van der Waals surface area contributed by atoms with E-state index in [-0.39, 0.29) is 11.1 Å². The van der Waals surface area contributed by atoms with Crippen molar-refractivity contribution in [2.45, 2.75) is 6.18 Å². The van der Waals surface area contributed by atoms with Gasteiger partial charge in [0.25, 0.3) is 5.91 Å². The van der Waals surface area contributed by atoms with Gasteiger partial charge in [-0.1, -0.05) is 18.2 Å². The van der Waals surface area contributed by atoms with Gasteiger partial charge in [-0.3, -0.25) is 4.79 Å². The van der Waals surface area contributed by atoms with Crippen LogP contribution in [0.15, 0.2) is 42.5 Å². The number of anilines is 1. The molecular weight excluding hydrogens is 406 g/mol. The third-order valence-electron chi connectivity index (χ3n) is 3.33. The van der Waals surface area contributed by atoms with Crippen LogP contribution in [-0.2, 0) is 11.0 Å². The second-order valence-electron chi connectivity index (χ2n) is 4.79. The molecule has 2 nitrogen and oxygen atoms in total. The molecule has 2 aromatic rings. The van der Waals surface area contributed by atoms with Crippen LogP contribution >= 0.6 is 22.6 Å². The van der Waals surface area contributed by atoms with Gasteiger partial charge in [-0.15, -0.1) is 0 Å². The van der Waals surface area contributed by atoms with E-state index in [0.29, 0.717) is 11.3 Å². The van der Waals surface area contributed by atoms with E-state index in [9.17, 15) is 18.0 Å². The van der Waals surface area contributed by atoms with Crippen LogP contribution in [0.3, 0.4) is 0 Å². The zero-order valence-electron chi connectivity index (χ0n) is 11.0. The van der Waals surface area contributed by atoms with E-state index in [1.54, 1.807) is 12.1 Å². The summed E-state index contributed by atoms with van der Waals surface area (Å²) in [5.41, 5.74) is 0.696. The van der Waals surface area contributed by atoms with Gasteiger partial charge in [-0.05, 0) is 58.5 Å². The van der Waals surface area contributed by atoms with Crippen LogP contribution in [0.1, 0.15) is 16.7 Å². The highest BCUT2D eigenvalue weighted by Gasteiger charge is 2.33. The Kier molecular flexibility index (Phi) is 3.72. The predicted octanol–water partition coefficient (Wildman–Crippen LogP) is 4.80. The average Bonchev–Trinajstić information content (AvgIpc) is 2.74. The van der Waals surface area contributed by atoms with Crippen LogP contribution in [0, 0.1) is 3.57 Å². The van der Waals surface area contributed by atoms with Crippen LogP contribution in [0.2, 0.25) is 0 Å². The lowest BCUT2D eigenvalue weighted by Gasteiger charge is -2.10. The van der Waals surface area contributed by atoms with E-state index < -0.39 is 17.6 Å². The molecule has 2 aromatic carbocycles. The first kappa shape index (κ1) is 15.1. The first-order chi connectivity index (χ1) is 10.4. The van der Waals surface area contributed by atoms with Crippen molar-refractivity contribution in [3.05, 3.63) is 62.7 Å². The number of rotatable bonds is 1. The summed E-state index contributed by atoms with van der Waals surface area (Å²) in [4.78, 5) is 12.0. The Morgan fingerprint density at radius 1 is 1.09 bits per heavy atom. The van der Waals surface area contributed by atoms with Gasteiger partial charge in [0, 0.05) is 20.4 Å². The molecular formula is C16H9F3INO. The molecule has 0 aromatic heterocycles. The number of nitrogens with one attached hydrogen (secondary N) is 1. The minimum Gasteiger partial charge on any atom is -0.321 e. The predicted molar refractivity (Wildman–Crippen MR) is 87.1 cm³/mol. The SMILES string of the molecule is O=C1Nc2ccc(I)cc2C1=Cc1ccccc1C(F)(F)F. The first-order valence-corrected chi connectivity index (χ1v) is 7.43. The van der Waals surface area contributed by atoms with Crippen molar-refractivity contribution in [1.82, 2.24) is 0 Å². The Morgan fingerprint density at radius 2 is 1.82 bits per heavy atom. The maximum Gasteiger partial charge on any atom is 0.416 e. The van der Waals surface area contributed by atoms with Gasteiger partial charge in [0.05, 0.1) is 5.56 Å². The molecule has 1 amide bonds. The molecule has 112 valence electrons. The Balaban J connectivity index is 2.15. The van der Waals surface area contributed by atoms with Gasteiger partial charge in [0.15, 0.2) is 0 Å². The van der Waals surface area contributed by atoms with E-state index in [0.717, 1.165) is 9.64 Å². The lowest BCUT2D eigenvalue weighted by Crippen LogP contribution is -2.08. The molecule has 3 rings (SSSR count). The van der Waals surface area contributed by atoms with E-state index in [1.165, 1.54) is 24.3 Å². The summed E-state index contributed by atoms with van der Waals surface area (Å²) >= 11 is 2.09. The molecule has 0 saturated heterocycles. The van der Waals surface area contributed by atoms with E-state index in [2.05, 4.69) is 27.9 Å². The van der Waals surface area contributed by atoms with Gasteiger partial charge >= 0.3 is 6.18 Å². The largest absolute Gasteiger partial charge is 0.416 e. The van der Waals surface area contributed by atoms with Crippen molar-refractivity contribution in [1.29, 1.82) is 0 Å². The Hall–Kier alpha value is -1.83. The maximum absolute atomic E-state index is 13.0. The van der Waals surface area contributed by atoms with E-state index in [1.807, 2.05) is 6.07 Å². The van der Waals surface area contributed by atoms with Gasteiger partial charge in [0.1, 0.15) is 0 Å². The fraction of sp³-hybridized carbons (Fsp3) is 0.0625. The van der Waals surface area contributed by atoms with Gasteiger partial charge in [-0.25, -0.2) is 0 Å². The molecule has 0 atom stereocenters. The number of alkyl halides is 3. The molecule has 0 radical (unpaired) electrons. The summed E-state index contributed by atoms with van der Waals surface area (Å²) < 4.78 is 40.1. The third kappa shape index (κ3) is 2.75. The van der Waals surface area contributed by atoms with Crippen LogP contribution < -0.4 is 5.32 Å². The number of carbonyl (C=O) groups excluding carboxylic acids is 1. The molecule has 1 aliphatic rings. The summed E-state index contributed by atoms with van der Waals surface area (Å²) in [7, 11) is 0. The fourth-order valence-corrected chi connectivity index (χ4v) is 2.83. The standard InChI is InChI=1S/C16H9F3INO/c17-16(18,19)13-4-2-1-3-9(13)7-12-11-8-10(20)5-6-14(11)21-15(12)22/h1-8H,(H,21,22). The number of fused-ring (bicyclic) bond motifs is 1. The number of hydrogen-bond acceptors (Lipinski definition) is 1. The molecule has 0 aliphatic carbocycles. The van der Waals surface area contributed by atoms with Crippen molar-refractivity contribution in [3.8, 4) is 0 Å². The molecule has 1 N–H and O–H groups in total. The Labute approximate surface area is 138 Å². The Bertz CT molecular complexity index is 796. The minimum absolute atomic E-state index is 0.0214. The summed E-state index contributed by atoms with van der Waals surface area (Å²) in [5.74, 6) is -0.394. The fourth-order valence-electron chi connectivity index (χ4n) is 2.34. The second-order valence-corrected chi connectivity index (χ2v) is 6.03. The van der Waals surface area contributed by atoms with Gasteiger partial charge < -0.3 is 5.32 Å². The number of benzene rings is 2. The zero-order valence-corrected chi connectivity index (χ0v) is 13.2. The molecule has 6 heteroatoms. The van der Waals surface area contributed by atoms with Crippen LogP contribution in [-0.4, -0.2) is 5.91 Å². The smallest absolute Gasteiger partial charge is 0.321 e. The van der Waals surface area contributed by atoms with Crippen molar-refractivity contribution >= 4 is 45.8 Å². The van der Waals surface area contributed by atoms with Gasteiger partial charge in [-0.2, -0.15) is 13.2 Å². The van der Waals surface area contributed by atoms with E-state index >= 15 is 0 Å². The van der Waals surface area contributed by atoms with Gasteiger partial charge in [0.2, 0.25) is 0 Å². The van der Waals surface area contributed by atoms with Crippen molar-refractivity contribution in [3.63, 3.8) is 0 Å². The van der Waals surface area contributed by atoms with Crippen LogP contribution in [0.25, 0.3) is 11.6 Å². The quantitative estimate of drug-likeness (QED) is 0.526. The number of hydrogen-bond donors (Lipinski definition) is 1. The number of carbonyl (C=O) groups is 1. The van der Waals surface area contributed by atoms with E-state index in [4.69, 9.17) is 0 Å². The molecule has 0 bridgehead atoms. The highest BCUT2D eigenvalue weighted by Crippen LogP contribution is 2.37. The summed E-state index contributed by atoms with van der Waals surface area (Å²) in [5, 5.41) is 2.66. The second kappa shape index (κ2) is 5.42. The number of amides is 1.